The van der Waals surface area contributed by atoms with E-state index < -0.39 is 0 Å². The molecule has 1 saturated carbocycles. The second-order valence-electron chi connectivity index (χ2n) is 4.73. The summed E-state index contributed by atoms with van der Waals surface area (Å²) >= 11 is 1.53. The molecule has 0 radical (unpaired) electrons. The van der Waals surface area contributed by atoms with Crippen molar-refractivity contribution in [2.24, 2.45) is 5.92 Å². The van der Waals surface area contributed by atoms with Crippen LogP contribution in [0.25, 0.3) is 0 Å². The lowest BCUT2D eigenvalue weighted by atomic mass is 10.1. The number of halogens is 1. The highest BCUT2D eigenvalue weighted by Gasteiger charge is 2.17. The maximum atomic E-state index is 13.6. The zero-order valence-electron chi connectivity index (χ0n) is 10.8. The lowest BCUT2D eigenvalue weighted by Crippen LogP contribution is -2.06. The van der Waals surface area contributed by atoms with Crippen LogP contribution in [-0.2, 0) is 0 Å². The van der Waals surface area contributed by atoms with E-state index in [-0.39, 0.29) is 5.82 Å². The minimum atomic E-state index is -0.306. The van der Waals surface area contributed by atoms with E-state index in [1.54, 1.807) is 0 Å². The highest BCUT2D eigenvalue weighted by molar-refractivity contribution is 7.99. The zero-order valence-corrected chi connectivity index (χ0v) is 11.6. The molecular formula is C13H20FN3S. The van der Waals surface area contributed by atoms with E-state index in [0.29, 0.717) is 11.0 Å². The van der Waals surface area contributed by atoms with Crippen molar-refractivity contribution in [3.05, 3.63) is 12.0 Å². The number of hydrogen-bond acceptors (Lipinski definition) is 4. The third-order valence-corrected chi connectivity index (χ3v) is 4.37. The van der Waals surface area contributed by atoms with Gasteiger partial charge in [-0.15, -0.1) is 11.8 Å². The van der Waals surface area contributed by atoms with Crippen LogP contribution in [0.5, 0.6) is 0 Å². The van der Waals surface area contributed by atoms with Crippen molar-refractivity contribution < 1.29 is 4.39 Å². The molecule has 0 unspecified atom stereocenters. The number of nitrogens with zero attached hydrogens (tertiary/aromatic N) is 2. The van der Waals surface area contributed by atoms with E-state index in [9.17, 15) is 4.39 Å². The SMILES string of the molecule is CCCNc1ncc(F)c(SCC2CCCC2)n1. The Bertz CT molecular complexity index is 380. The van der Waals surface area contributed by atoms with Crippen molar-refractivity contribution in [3.63, 3.8) is 0 Å². The third kappa shape index (κ3) is 3.83. The summed E-state index contributed by atoms with van der Waals surface area (Å²) < 4.78 is 13.6. The fourth-order valence-electron chi connectivity index (χ4n) is 2.15. The number of aromatic nitrogens is 2. The Hall–Kier alpha value is -0.840. The number of nitrogens with one attached hydrogen (secondary N) is 1. The highest BCUT2D eigenvalue weighted by atomic mass is 32.2. The molecule has 1 aromatic heterocycles. The Balaban J connectivity index is 1.92. The number of rotatable bonds is 6. The first-order valence-corrected chi connectivity index (χ1v) is 7.67. The van der Waals surface area contributed by atoms with Crippen molar-refractivity contribution in [2.45, 2.75) is 44.1 Å². The van der Waals surface area contributed by atoms with E-state index in [1.165, 1.54) is 43.6 Å². The lowest BCUT2D eigenvalue weighted by molar-refractivity contribution is 0.577. The summed E-state index contributed by atoms with van der Waals surface area (Å²) in [6, 6.07) is 0. The average Bonchev–Trinajstić information content (AvgIpc) is 2.89. The molecule has 0 amide bonds. The Morgan fingerprint density at radius 2 is 2.22 bits per heavy atom. The topological polar surface area (TPSA) is 37.8 Å². The van der Waals surface area contributed by atoms with Crippen LogP contribution in [0.15, 0.2) is 11.2 Å². The molecule has 1 fully saturated rings. The molecule has 3 nitrogen and oxygen atoms in total. The molecule has 0 atom stereocenters. The smallest absolute Gasteiger partial charge is 0.223 e. The maximum absolute atomic E-state index is 13.6. The molecular weight excluding hydrogens is 249 g/mol. The zero-order chi connectivity index (χ0) is 12.8. The predicted molar refractivity (Wildman–Crippen MR) is 73.5 cm³/mol. The minimum absolute atomic E-state index is 0.306. The molecule has 0 spiro atoms. The van der Waals surface area contributed by atoms with Gasteiger partial charge >= 0.3 is 0 Å². The first kappa shape index (κ1) is 13.6. The molecule has 2 rings (SSSR count). The molecule has 5 heteroatoms. The van der Waals surface area contributed by atoms with Gasteiger partial charge in [0.15, 0.2) is 5.82 Å². The molecule has 1 aliphatic rings. The van der Waals surface area contributed by atoms with E-state index in [4.69, 9.17) is 0 Å². The van der Waals surface area contributed by atoms with Gasteiger partial charge in [-0.05, 0) is 25.2 Å². The molecule has 1 heterocycles. The summed E-state index contributed by atoms with van der Waals surface area (Å²) in [5, 5.41) is 3.57. The van der Waals surface area contributed by atoms with E-state index >= 15 is 0 Å². The molecule has 0 saturated heterocycles. The summed E-state index contributed by atoms with van der Waals surface area (Å²) in [5.74, 6) is 1.94. The molecule has 1 aliphatic carbocycles. The highest BCUT2D eigenvalue weighted by Crippen LogP contribution is 2.31. The second-order valence-corrected chi connectivity index (χ2v) is 5.74. The summed E-state index contributed by atoms with van der Waals surface area (Å²) in [5.41, 5.74) is 0. The monoisotopic (exact) mass is 269 g/mol. The van der Waals surface area contributed by atoms with Crippen LogP contribution in [0.2, 0.25) is 0 Å². The van der Waals surface area contributed by atoms with Gasteiger partial charge in [-0.1, -0.05) is 19.8 Å². The van der Waals surface area contributed by atoms with Crippen LogP contribution in [0.1, 0.15) is 39.0 Å². The van der Waals surface area contributed by atoms with Gasteiger partial charge in [-0.2, -0.15) is 0 Å². The van der Waals surface area contributed by atoms with Crippen LogP contribution in [0.3, 0.4) is 0 Å². The molecule has 0 aromatic carbocycles. The first-order chi connectivity index (χ1) is 8.79. The van der Waals surface area contributed by atoms with Crippen molar-refractivity contribution in [3.8, 4) is 0 Å². The third-order valence-electron chi connectivity index (χ3n) is 3.18. The van der Waals surface area contributed by atoms with Gasteiger partial charge in [0.25, 0.3) is 0 Å². The van der Waals surface area contributed by atoms with Gasteiger partial charge < -0.3 is 5.32 Å². The number of anilines is 1. The van der Waals surface area contributed by atoms with Gasteiger partial charge in [-0.3, -0.25) is 0 Å². The van der Waals surface area contributed by atoms with Gasteiger partial charge in [0.2, 0.25) is 5.95 Å². The Morgan fingerprint density at radius 1 is 1.44 bits per heavy atom. The molecule has 18 heavy (non-hydrogen) atoms. The fourth-order valence-corrected chi connectivity index (χ4v) is 3.22. The quantitative estimate of drug-likeness (QED) is 0.631. The van der Waals surface area contributed by atoms with Crippen LogP contribution in [0, 0.1) is 11.7 Å². The molecule has 0 aliphatic heterocycles. The molecule has 0 bridgehead atoms. The van der Waals surface area contributed by atoms with Gasteiger partial charge in [-0.25, -0.2) is 14.4 Å². The van der Waals surface area contributed by atoms with Crippen LogP contribution in [0.4, 0.5) is 10.3 Å². The van der Waals surface area contributed by atoms with E-state index in [1.807, 2.05) is 0 Å². The summed E-state index contributed by atoms with van der Waals surface area (Å²) in [4.78, 5) is 8.18. The molecule has 1 N–H and O–H groups in total. The van der Waals surface area contributed by atoms with Crippen molar-refractivity contribution in [1.29, 1.82) is 0 Å². The maximum Gasteiger partial charge on any atom is 0.223 e. The standard InChI is InChI=1S/C13H20FN3S/c1-2-7-15-13-16-8-11(14)12(17-13)18-9-10-5-3-4-6-10/h8,10H,2-7,9H2,1H3,(H,15,16,17). The van der Waals surface area contributed by atoms with Crippen molar-refractivity contribution in [1.82, 2.24) is 9.97 Å². The minimum Gasteiger partial charge on any atom is -0.354 e. The van der Waals surface area contributed by atoms with Crippen LogP contribution >= 0.6 is 11.8 Å². The Kier molecular flexibility index (Phi) is 5.23. The second kappa shape index (κ2) is 6.92. The van der Waals surface area contributed by atoms with E-state index in [2.05, 4.69) is 22.2 Å². The van der Waals surface area contributed by atoms with Gasteiger partial charge in [0, 0.05) is 12.3 Å². The van der Waals surface area contributed by atoms with Gasteiger partial charge in [0.1, 0.15) is 5.03 Å². The van der Waals surface area contributed by atoms with Crippen LogP contribution < -0.4 is 5.32 Å². The van der Waals surface area contributed by atoms with Crippen molar-refractivity contribution in [2.75, 3.05) is 17.6 Å². The average molecular weight is 269 g/mol. The number of thioether (sulfide) groups is 1. The predicted octanol–water partition coefficient (Wildman–Crippen LogP) is 3.72. The Labute approximate surface area is 112 Å². The fraction of sp³-hybridized carbons (Fsp3) is 0.692. The molecule has 100 valence electrons. The van der Waals surface area contributed by atoms with Gasteiger partial charge in [0.05, 0.1) is 6.20 Å². The lowest BCUT2D eigenvalue weighted by Gasteiger charge is -2.09. The number of hydrogen-bond donors (Lipinski definition) is 1. The molecule has 1 aromatic rings. The largest absolute Gasteiger partial charge is 0.354 e. The van der Waals surface area contributed by atoms with Crippen LogP contribution in [-0.4, -0.2) is 22.3 Å². The van der Waals surface area contributed by atoms with Crippen molar-refractivity contribution >= 4 is 17.7 Å². The van der Waals surface area contributed by atoms with E-state index in [0.717, 1.165) is 24.6 Å². The Morgan fingerprint density at radius 3 is 2.94 bits per heavy atom. The normalized spacial score (nSPS) is 16.1. The summed E-state index contributed by atoms with van der Waals surface area (Å²) in [6.07, 6.45) is 7.47. The summed E-state index contributed by atoms with van der Waals surface area (Å²) in [6.45, 7) is 2.89. The summed E-state index contributed by atoms with van der Waals surface area (Å²) in [7, 11) is 0. The first-order valence-electron chi connectivity index (χ1n) is 6.68.